The summed E-state index contributed by atoms with van der Waals surface area (Å²) in [5.41, 5.74) is 1.76. The average Bonchev–Trinajstić information content (AvgIpc) is 2.57. The van der Waals surface area contributed by atoms with Crippen molar-refractivity contribution in [3.63, 3.8) is 0 Å². The van der Waals surface area contributed by atoms with Gasteiger partial charge in [-0.1, -0.05) is 15.9 Å². The van der Waals surface area contributed by atoms with Gasteiger partial charge in [-0.15, -0.1) is 0 Å². The summed E-state index contributed by atoms with van der Waals surface area (Å²) < 4.78 is 0.935. The van der Waals surface area contributed by atoms with Crippen LogP contribution in [0.2, 0.25) is 0 Å². The third kappa shape index (κ3) is 4.80. The van der Waals surface area contributed by atoms with Crippen molar-refractivity contribution in [2.75, 3.05) is 10.6 Å². The van der Waals surface area contributed by atoms with E-state index in [1.807, 2.05) is 30.3 Å². The maximum atomic E-state index is 12.1. The number of amides is 1. The van der Waals surface area contributed by atoms with Gasteiger partial charge in [0.15, 0.2) is 5.78 Å². The molecule has 0 aliphatic rings. The molecule has 6 heteroatoms. The number of carbonyl (C=O) groups is 2. The summed E-state index contributed by atoms with van der Waals surface area (Å²) in [5.74, 6) is -0.582. The summed E-state index contributed by atoms with van der Waals surface area (Å²) in [6.45, 7) is 1.47. The number of ketones is 1. The molecule has 2 rings (SSSR count). The Hall–Kier alpha value is -2.91. The van der Waals surface area contributed by atoms with Crippen LogP contribution >= 0.6 is 15.9 Å². The van der Waals surface area contributed by atoms with E-state index in [4.69, 9.17) is 5.26 Å². The number of benzene rings is 2. The fourth-order valence-corrected chi connectivity index (χ4v) is 2.10. The Labute approximate surface area is 148 Å². The Morgan fingerprint density at radius 1 is 1.04 bits per heavy atom. The van der Waals surface area contributed by atoms with Crippen LogP contribution in [0.5, 0.6) is 0 Å². The van der Waals surface area contributed by atoms with Gasteiger partial charge < -0.3 is 10.6 Å². The predicted molar refractivity (Wildman–Crippen MR) is 96.5 cm³/mol. The summed E-state index contributed by atoms with van der Waals surface area (Å²) in [7, 11) is 0. The van der Waals surface area contributed by atoms with Crippen LogP contribution in [0.1, 0.15) is 17.3 Å². The highest BCUT2D eigenvalue weighted by Gasteiger charge is 2.09. The van der Waals surface area contributed by atoms with Crippen molar-refractivity contribution in [1.82, 2.24) is 0 Å². The molecule has 0 atom stereocenters. The second kappa shape index (κ2) is 8.09. The molecule has 0 saturated heterocycles. The molecule has 24 heavy (non-hydrogen) atoms. The predicted octanol–water partition coefficient (Wildman–Crippen LogP) is 4.11. The molecule has 0 radical (unpaired) electrons. The van der Waals surface area contributed by atoms with Crippen molar-refractivity contribution in [3.8, 4) is 6.07 Å². The van der Waals surface area contributed by atoms with Gasteiger partial charge in [-0.2, -0.15) is 5.26 Å². The van der Waals surface area contributed by atoms with Crippen LogP contribution in [0.4, 0.5) is 11.4 Å². The first-order valence-electron chi connectivity index (χ1n) is 7.04. The molecule has 5 nitrogen and oxygen atoms in total. The summed E-state index contributed by atoms with van der Waals surface area (Å²) in [6.07, 6.45) is 1.35. The minimum absolute atomic E-state index is 0.0517. The molecular weight excluding hydrogens is 370 g/mol. The van der Waals surface area contributed by atoms with Gasteiger partial charge in [0.2, 0.25) is 0 Å². The molecule has 0 saturated carbocycles. The normalized spacial score (nSPS) is 10.6. The minimum Gasteiger partial charge on any atom is -0.360 e. The number of halogens is 1. The van der Waals surface area contributed by atoms with E-state index in [1.165, 1.54) is 13.1 Å². The lowest BCUT2D eigenvalue weighted by Crippen LogP contribution is -2.14. The third-order valence-electron chi connectivity index (χ3n) is 3.14. The molecule has 0 aromatic heterocycles. The number of hydrogen-bond acceptors (Lipinski definition) is 4. The first-order valence-corrected chi connectivity index (χ1v) is 7.83. The molecule has 2 aromatic rings. The third-order valence-corrected chi connectivity index (χ3v) is 3.67. The van der Waals surface area contributed by atoms with E-state index in [1.54, 1.807) is 24.3 Å². The van der Waals surface area contributed by atoms with Gasteiger partial charge in [0.1, 0.15) is 11.6 Å². The molecule has 0 fully saturated rings. The van der Waals surface area contributed by atoms with Crippen LogP contribution in [0.3, 0.4) is 0 Å². The van der Waals surface area contributed by atoms with E-state index in [9.17, 15) is 9.59 Å². The van der Waals surface area contributed by atoms with E-state index < -0.39 is 5.91 Å². The van der Waals surface area contributed by atoms with Crippen LogP contribution in [-0.4, -0.2) is 11.7 Å². The Morgan fingerprint density at radius 2 is 1.62 bits per heavy atom. The number of nitrogens with one attached hydrogen (secondary N) is 2. The second-order valence-electron chi connectivity index (χ2n) is 4.91. The first-order chi connectivity index (χ1) is 11.5. The van der Waals surface area contributed by atoms with E-state index >= 15 is 0 Å². The molecule has 0 heterocycles. The highest BCUT2D eigenvalue weighted by Crippen LogP contribution is 2.15. The minimum atomic E-state index is -0.530. The smallest absolute Gasteiger partial charge is 0.267 e. The van der Waals surface area contributed by atoms with Crippen LogP contribution in [-0.2, 0) is 4.79 Å². The quantitative estimate of drug-likeness (QED) is 0.462. The first kappa shape index (κ1) is 17.4. The van der Waals surface area contributed by atoms with Gasteiger partial charge in [0, 0.05) is 27.6 Å². The van der Waals surface area contributed by atoms with Crippen LogP contribution in [0.15, 0.2) is 64.8 Å². The van der Waals surface area contributed by atoms with Crippen LogP contribution in [0, 0.1) is 11.3 Å². The SMILES string of the molecule is CC(=O)c1ccc(NC(=O)/C(C#N)=C\Nc2ccc(Br)cc2)cc1. The van der Waals surface area contributed by atoms with E-state index in [-0.39, 0.29) is 11.4 Å². The van der Waals surface area contributed by atoms with Gasteiger partial charge in [-0.25, -0.2) is 0 Å². The number of hydrogen-bond donors (Lipinski definition) is 2. The molecule has 0 unspecified atom stereocenters. The molecule has 0 spiro atoms. The van der Waals surface area contributed by atoms with Gasteiger partial charge in [-0.05, 0) is 55.5 Å². The zero-order chi connectivity index (χ0) is 17.5. The summed E-state index contributed by atoms with van der Waals surface area (Å²) in [5, 5.41) is 14.7. The maximum Gasteiger partial charge on any atom is 0.267 e. The number of nitrogens with zero attached hydrogens (tertiary/aromatic N) is 1. The average molecular weight is 384 g/mol. The van der Waals surface area contributed by atoms with Gasteiger partial charge in [0.25, 0.3) is 5.91 Å². The van der Waals surface area contributed by atoms with Gasteiger partial charge in [0.05, 0.1) is 0 Å². The fourth-order valence-electron chi connectivity index (χ4n) is 1.84. The van der Waals surface area contributed by atoms with Crippen molar-refractivity contribution in [3.05, 3.63) is 70.3 Å². The molecule has 0 bridgehead atoms. The Morgan fingerprint density at radius 3 is 2.17 bits per heavy atom. The Kier molecular flexibility index (Phi) is 5.88. The molecule has 0 aliphatic carbocycles. The molecule has 1 amide bonds. The number of nitriles is 1. The molecule has 2 N–H and O–H groups in total. The standard InChI is InChI=1S/C18H14BrN3O2/c1-12(23)13-2-6-17(7-3-13)22-18(24)14(10-20)11-21-16-8-4-15(19)5-9-16/h2-9,11,21H,1H3,(H,22,24)/b14-11-. The maximum absolute atomic E-state index is 12.1. The Balaban J connectivity index is 2.05. The molecule has 2 aromatic carbocycles. The lowest BCUT2D eigenvalue weighted by Gasteiger charge is -2.06. The van der Waals surface area contributed by atoms with Crippen molar-refractivity contribution in [2.24, 2.45) is 0 Å². The Bertz CT molecular complexity index is 819. The monoisotopic (exact) mass is 383 g/mol. The van der Waals surface area contributed by atoms with E-state index in [2.05, 4.69) is 26.6 Å². The molecular formula is C18H14BrN3O2. The largest absolute Gasteiger partial charge is 0.360 e. The highest BCUT2D eigenvalue weighted by atomic mass is 79.9. The van der Waals surface area contributed by atoms with Gasteiger partial charge in [-0.3, -0.25) is 9.59 Å². The summed E-state index contributed by atoms with van der Waals surface area (Å²) in [4.78, 5) is 23.3. The summed E-state index contributed by atoms with van der Waals surface area (Å²) >= 11 is 3.33. The highest BCUT2D eigenvalue weighted by molar-refractivity contribution is 9.10. The number of Topliss-reactive ketones (excluding diaryl/α,β-unsaturated/α-hetero) is 1. The topological polar surface area (TPSA) is 82.0 Å². The zero-order valence-corrected chi connectivity index (χ0v) is 14.4. The van der Waals surface area contributed by atoms with Crippen molar-refractivity contribution < 1.29 is 9.59 Å². The van der Waals surface area contributed by atoms with Crippen molar-refractivity contribution in [2.45, 2.75) is 6.92 Å². The molecule has 120 valence electrons. The molecule has 0 aliphatic heterocycles. The number of carbonyl (C=O) groups excluding carboxylic acids is 2. The van der Waals surface area contributed by atoms with Crippen molar-refractivity contribution >= 4 is 39.0 Å². The zero-order valence-electron chi connectivity index (χ0n) is 12.8. The lowest BCUT2D eigenvalue weighted by molar-refractivity contribution is -0.112. The van der Waals surface area contributed by atoms with Gasteiger partial charge >= 0.3 is 0 Å². The van der Waals surface area contributed by atoms with Crippen molar-refractivity contribution in [1.29, 1.82) is 5.26 Å². The number of rotatable bonds is 5. The van der Waals surface area contributed by atoms with Crippen LogP contribution in [0.25, 0.3) is 0 Å². The lowest BCUT2D eigenvalue weighted by atomic mass is 10.1. The van der Waals surface area contributed by atoms with E-state index in [0.29, 0.717) is 11.3 Å². The second-order valence-corrected chi connectivity index (χ2v) is 5.82. The van der Waals surface area contributed by atoms with E-state index in [0.717, 1.165) is 10.2 Å². The fraction of sp³-hybridized carbons (Fsp3) is 0.0556. The number of anilines is 2. The van der Waals surface area contributed by atoms with Crippen LogP contribution < -0.4 is 10.6 Å². The summed E-state index contributed by atoms with van der Waals surface area (Å²) in [6, 6.07) is 15.6.